The van der Waals surface area contributed by atoms with Crippen molar-refractivity contribution in [3.8, 4) is 22.8 Å². The van der Waals surface area contributed by atoms with Crippen molar-refractivity contribution in [3.05, 3.63) is 77.7 Å². The number of carbonyl (C=O) groups is 1. The Morgan fingerprint density at radius 2 is 1.95 bits per heavy atom. The van der Waals surface area contributed by atoms with E-state index in [4.69, 9.17) is 9.47 Å². The first-order chi connectivity index (χ1) is 17.8. The smallest absolute Gasteiger partial charge is 0.259 e. The van der Waals surface area contributed by atoms with Crippen molar-refractivity contribution < 1.29 is 23.8 Å². The first kappa shape index (κ1) is 26.6. The van der Waals surface area contributed by atoms with E-state index in [1.807, 2.05) is 45.2 Å². The number of methoxy groups -OCH3 is 1. The van der Waals surface area contributed by atoms with E-state index >= 15 is 0 Å². The van der Waals surface area contributed by atoms with E-state index < -0.39 is 0 Å². The third-order valence-electron chi connectivity index (χ3n) is 6.80. The summed E-state index contributed by atoms with van der Waals surface area (Å²) in [4.78, 5) is 22.1. The van der Waals surface area contributed by atoms with E-state index in [1.165, 1.54) is 12.1 Å². The molecule has 2 aromatic carbocycles. The molecule has 4 rings (SSSR count). The van der Waals surface area contributed by atoms with Crippen molar-refractivity contribution in [2.75, 3.05) is 33.9 Å². The predicted octanol–water partition coefficient (Wildman–Crippen LogP) is 4.25. The quantitative estimate of drug-likeness (QED) is 0.492. The number of rotatable bonds is 8. The fourth-order valence-electron chi connectivity index (χ4n) is 4.62. The summed E-state index contributed by atoms with van der Waals surface area (Å²) in [5, 5.41) is 9.90. The first-order valence-electron chi connectivity index (χ1n) is 12.5. The molecule has 2 heterocycles. The number of benzene rings is 2. The number of hydrogen-bond donors (Lipinski definition) is 1. The molecule has 0 bridgehead atoms. The number of aromatic nitrogens is 1. The summed E-state index contributed by atoms with van der Waals surface area (Å²) in [7, 11) is 3.59. The Hall–Kier alpha value is -3.49. The molecule has 0 saturated carbocycles. The molecular formula is C29H34FN3O4. The minimum atomic E-state index is -0.367. The first-order valence-corrected chi connectivity index (χ1v) is 12.5. The fraction of sp³-hybridized carbons (Fsp3) is 0.379. The van der Waals surface area contributed by atoms with E-state index in [-0.39, 0.29) is 42.3 Å². The number of carbonyl (C=O) groups excluding carboxylic acids is 1. The topological polar surface area (TPSA) is 75.1 Å². The van der Waals surface area contributed by atoms with Crippen molar-refractivity contribution >= 4 is 5.91 Å². The van der Waals surface area contributed by atoms with Crippen molar-refractivity contribution in [3.63, 3.8) is 0 Å². The molecule has 196 valence electrons. The molecular weight excluding hydrogens is 473 g/mol. The largest absolute Gasteiger partial charge is 0.496 e. The van der Waals surface area contributed by atoms with Crippen LogP contribution in [0.3, 0.4) is 0 Å². The number of aliphatic hydroxyl groups is 1. The van der Waals surface area contributed by atoms with Gasteiger partial charge in [-0.2, -0.15) is 0 Å². The maximum atomic E-state index is 13.7. The molecule has 1 N–H and O–H groups in total. The zero-order valence-corrected chi connectivity index (χ0v) is 21.7. The number of amides is 1. The highest BCUT2D eigenvalue weighted by Gasteiger charge is 2.34. The average molecular weight is 508 g/mol. The van der Waals surface area contributed by atoms with Crippen LogP contribution in [0.1, 0.15) is 29.8 Å². The number of pyridine rings is 1. The third kappa shape index (κ3) is 6.09. The van der Waals surface area contributed by atoms with Crippen LogP contribution in [-0.2, 0) is 6.54 Å². The van der Waals surface area contributed by atoms with E-state index in [9.17, 15) is 14.3 Å². The van der Waals surface area contributed by atoms with E-state index in [0.29, 0.717) is 30.9 Å². The van der Waals surface area contributed by atoms with Crippen molar-refractivity contribution in [2.45, 2.75) is 32.5 Å². The molecule has 1 aliphatic rings. The Kier molecular flexibility index (Phi) is 8.41. The highest BCUT2D eigenvalue weighted by Crippen LogP contribution is 2.34. The summed E-state index contributed by atoms with van der Waals surface area (Å²) in [6, 6.07) is 15.4. The van der Waals surface area contributed by atoms with Crippen LogP contribution in [0.15, 0.2) is 60.8 Å². The summed E-state index contributed by atoms with van der Waals surface area (Å²) in [6.45, 7) is 5.34. The SMILES string of the molecule is COc1ccccc1-c1cnc2c(c1)C(=O)N([C@H](C)CO)C[C@@H](C)[C@H](CN(C)Cc1ccc(F)cc1)O2. The van der Waals surface area contributed by atoms with Gasteiger partial charge in [0.05, 0.1) is 19.8 Å². The second-order valence-electron chi connectivity index (χ2n) is 9.72. The Morgan fingerprint density at radius 3 is 2.65 bits per heavy atom. The highest BCUT2D eigenvalue weighted by atomic mass is 19.1. The minimum Gasteiger partial charge on any atom is -0.496 e. The van der Waals surface area contributed by atoms with Gasteiger partial charge < -0.3 is 19.5 Å². The van der Waals surface area contributed by atoms with Crippen LogP contribution in [-0.4, -0.2) is 71.8 Å². The summed E-state index contributed by atoms with van der Waals surface area (Å²) >= 11 is 0. The van der Waals surface area contributed by atoms with Crippen molar-refractivity contribution in [1.82, 2.24) is 14.8 Å². The van der Waals surface area contributed by atoms with Gasteiger partial charge in [-0.1, -0.05) is 37.3 Å². The van der Waals surface area contributed by atoms with Crippen LogP contribution in [0.5, 0.6) is 11.6 Å². The Balaban J connectivity index is 1.67. The Labute approximate surface area is 217 Å². The lowest BCUT2D eigenvalue weighted by Gasteiger charge is -2.37. The number of fused-ring (bicyclic) bond motifs is 1. The van der Waals surface area contributed by atoms with Crippen LogP contribution in [0, 0.1) is 11.7 Å². The number of likely N-dealkylation sites (N-methyl/N-ethyl adjacent to an activating group) is 1. The molecule has 0 saturated heterocycles. The Bertz CT molecular complexity index is 1220. The van der Waals surface area contributed by atoms with Gasteiger partial charge in [-0.25, -0.2) is 9.37 Å². The van der Waals surface area contributed by atoms with E-state index in [1.54, 1.807) is 36.4 Å². The van der Waals surface area contributed by atoms with Crippen LogP contribution < -0.4 is 9.47 Å². The molecule has 1 aromatic heterocycles. The summed E-state index contributed by atoms with van der Waals surface area (Å²) in [6.07, 6.45) is 1.42. The molecule has 0 unspecified atom stereocenters. The zero-order chi connectivity index (χ0) is 26.5. The van der Waals surface area contributed by atoms with Gasteiger partial charge in [0, 0.05) is 42.9 Å². The number of halogens is 1. The normalized spacial score (nSPS) is 18.6. The second-order valence-corrected chi connectivity index (χ2v) is 9.72. The maximum absolute atomic E-state index is 13.7. The lowest BCUT2D eigenvalue weighted by Crippen LogP contribution is -2.49. The molecule has 3 aromatic rings. The second kappa shape index (κ2) is 11.7. The molecule has 8 heteroatoms. The van der Waals surface area contributed by atoms with Gasteiger partial charge in [0.25, 0.3) is 5.91 Å². The average Bonchev–Trinajstić information content (AvgIpc) is 2.91. The lowest BCUT2D eigenvalue weighted by molar-refractivity contribution is 0.0325. The van der Waals surface area contributed by atoms with Gasteiger partial charge in [0.1, 0.15) is 23.2 Å². The van der Waals surface area contributed by atoms with Crippen LogP contribution >= 0.6 is 0 Å². The zero-order valence-electron chi connectivity index (χ0n) is 21.7. The molecule has 1 aliphatic heterocycles. The number of aliphatic hydroxyl groups excluding tert-OH is 1. The summed E-state index contributed by atoms with van der Waals surface area (Å²) < 4.78 is 25.2. The minimum absolute atomic E-state index is 0.0301. The lowest BCUT2D eigenvalue weighted by atomic mass is 9.99. The highest BCUT2D eigenvalue weighted by molar-refractivity contribution is 5.98. The maximum Gasteiger partial charge on any atom is 0.259 e. The van der Waals surface area contributed by atoms with Gasteiger partial charge >= 0.3 is 0 Å². The van der Waals surface area contributed by atoms with Crippen molar-refractivity contribution in [2.24, 2.45) is 5.92 Å². The summed E-state index contributed by atoms with van der Waals surface area (Å²) in [5.74, 6) is 0.424. The van der Waals surface area contributed by atoms with Crippen LogP contribution in [0.25, 0.3) is 11.1 Å². The molecule has 3 atom stereocenters. The van der Waals surface area contributed by atoms with E-state index in [2.05, 4.69) is 9.88 Å². The molecule has 0 aliphatic carbocycles. The fourth-order valence-corrected chi connectivity index (χ4v) is 4.62. The van der Waals surface area contributed by atoms with Gasteiger partial charge in [0.2, 0.25) is 5.88 Å². The predicted molar refractivity (Wildman–Crippen MR) is 140 cm³/mol. The molecule has 0 spiro atoms. The van der Waals surface area contributed by atoms with E-state index in [0.717, 1.165) is 16.7 Å². The van der Waals surface area contributed by atoms with Crippen LogP contribution in [0.2, 0.25) is 0 Å². The third-order valence-corrected chi connectivity index (χ3v) is 6.80. The van der Waals surface area contributed by atoms with Gasteiger partial charge in [-0.05, 0) is 43.8 Å². The molecule has 0 radical (unpaired) electrons. The molecule has 0 fully saturated rings. The van der Waals surface area contributed by atoms with Crippen molar-refractivity contribution in [1.29, 1.82) is 0 Å². The number of hydrogen-bond acceptors (Lipinski definition) is 6. The summed E-state index contributed by atoms with van der Waals surface area (Å²) in [5.41, 5.74) is 2.90. The van der Waals surface area contributed by atoms with Gasteiger partial charge in [-0.3, -0.25) is 9.69 Å². The standard InChI is InChI=1S/C29H34FN3O4/c1-19-15-33(20(2)18-34)29(35)25-13-22(24-7-5-6-8-26(24)36-4)14-31-28(25)37-27(19)17-32(3)16-21-9-11-23(30)12-10-21/h5-14,19-20,27,34H,15-18H2,1-4H3/t19-,20-,27+/m1/s1. The molecule has 1 amide bonds. The van der Waals surface area contributed by atoms with Crippen LogP contribution in [0.4, 0.5) is 4.39 Å². The monoisotopic (exact) mass is 507 g/mol. The number of para-hydroxylation sites is 1. The van der Waals surface area contributed by atoms with Gasteiger partial charge in [0.15, 0.2) is 0 Å². The van der Waals surface area contributed by atoms with Gasteiger partial charge in [-0.15, -0.1) is 0 Å². The number of ether oxygens (including phenoxy) is 2. The molecule has 7 nitrogen and oxygen atoms in total. The molecule has 37 heavy (non-hydrogen) atoms. The number of nitrogens with zero attached hydrogens (tertiary/aromatic N) is 3. The Morgan fingerprint density at radius 1 is 1.22 bits per heavy atom.